The van der Waals surface area contributed by atoms with Crippen LogP contribution >= 0.6 is 0 Å². The van der Waals surface area contributed by atoms with Gasteiger partial charge < -0.3 is 19.9 Å². The average Bonchev–Trinajstić information content (AvgIpc) is 3.32. The molecule has 0 unspecified atom stereocenters. The number of alkyl halides is 3. The van der Waals surface area contributed by atoms with Gasteiger partial charge in [-0.1, -0.05) is 0 Å². The van der Waals surface area contributed by atoms with Crippen molar-refractivity contribution in [1.29, 1.82) is 0 Å². The lowest BCUT2D eigenvalue weighted by atomic mass is 10.1. The molecule has 2 fully saturated rings. The van der Waals surface area contributed by atoms with Gasteiger partial charge >= 0.3 is 6.18 Å². The van der Waals surface area contributed by atoms with Crippen LogP contribution < -0.4 is 5.32 Å². The van der Waals surface area contributed by atoms with Gasteiger partial charge in [0, 0.05) is 37.0 Å². The Bertz CT molecular complexity index is 746. The largest absolute Gasteiger partial charge is 0.416 e. The smallest absolute Gasteiger partial charge is 0.368 e. The van der Waals surface area contributed by atoms with E-state index in [1.165, 1.54) is 6.07 Å². The molecule has 1 aromatic carbocycles. The molecule has 0 saturated carbocycles. The average molecular weight is 399 g/mol. The summed E-state index contributed by atoms with van der Waals surface area (Å²) in [6, 6.07) is 3.16. The highest BCUT2D eigenvalue weighted by Gasteiger charge is 2.34. The normalized spacial score (nSPS) is 22.7. The van der Waals surface area contributed by atoms with Crippen LogP contribution in [0.25, 0.3) is 0 Å². The molecule has 2 saturated heterocycles. The van der Waals surface area contributed by atoms with Gasteiger partial charge in [0.2, 0.25) is 0 Å². The molecule has 6 nitrogen and oxygen atoms in total. The monoisotopic (exact) mass is 399 g/mol. The maximum Gasteiger partial charge on any atom is 0.416 e. The number of benzene rings is 1. The van der Waals surface area contributed by atoms with Gasteiger partial charge in [-0.2, -0.15) is 13.2 Å². The molecule has 2 heterocycles. The number of hydrogen-bond acceptors (Lipinski definition) is 4. The number of rotatable bonds is 4. The molecule has 2 aliphatic rings. The van der Waals surface area contributed by atoms with Crippen LogP contribution in [0.2, 0.25) is 0 Å². The number of carbonyl (C=O) groups excluding carboxylic acids is 2. The fourth-order valence-electron chi connectivity index (χ4n) is 3.52. The molecule has 0 aliphatic carbocycles. The Morgan fingerprint density at radius 2 is 1.96 bits per heavy atom. The molecule has 28 heavy (non-hydrogen) atoms. The van der Waals surface area contributed by atoms with Crippen LogP contribution in [0, 0.1) is 0 Å². The van der Waals surface area contributed by atoms with Crippen LogP contribution in [-0.2, 0) is 15.7 Å². The fraction of sp³-hybridized carbons (Fsp3) is 0.579. The zero-order valence-corrected chi connectivity index (χ0v) is 15.9. The van der Waals surface area contributed by atoms with E-state index in [9.17, 15) is 22.8 Å². The summed E-state index contributed by atoms with van der Waals surface area (Å²) in [6.07, 6.45) is -3.28. The molecule has 3 rings (SSSR count). The number of ether oxygens (including phenoxy) is 1. The number of nitrogens with zero attached hydrogens (tertiary/aromatic N) is 2. The third kappa shape index (κ3) is 4.64. The molecule has 154 valence electrons. The second-order valence-corrected chi connectivity index (χ2v) is 7.44. The molecule has 2 atom stereocenters. The number of amides is 2. The second-order valence-electron chi connectivity index (χ2n) is 7.44. The molecule has 1 aromatic rings. The minimum atomic E-state index is -4.63. The van der Waals surface area contributed by atoms with Crippen LogP contribution in [0.4, 0.5) is 18.9 Å². The van der Waals surface area contributed by atoms with Crippen molar-refractivity contribution in [1.82, 2.24) is 9.80 Å². The van der Waals surface area contributed by atoms with Crippen molar-refractivity contribution in [3.8, 4) is 0 Å². The van der Waals surface area contributed by atoms with Gasteiger partial charge in [-0.15, -0.1) is 0 Å². The van der Waals surface area contributed by atoms with Crippen molar-refractivity contribution in [3.63, 3.8) is 0 Å². The predicted molar refractivity (Wildman–Crippen MR) is 97.0 cm³/mol. The van der Waals surface area contributed by atoms with E-state index in [1.807, 2.05) is 19.0 Å². The lowest BCUT2D eigenvalue weighted by Gasteiger charge is -2.21. The van der Waals surface area contributed by atoms with E-state index in [2.05, 4.69) is 5.32 Å². The molecule has 0 spiro atoms. The zero-order valence-electron chi connectivity index (χ0n) is 15.9. The highest BCUT2D eigenvalue weighted by Crippen LogP contribution is 2.33. The molecule has 2 aliphatic heterocycles. The van der Waals surface area contributed by atoms with Crippen molar-refractivity contribution in [2.24, 2.45) is 0 Å². The number of anilines is 1. The quantitative estimate of drug-likeness (QED) is 0.846. The molecule has 9 heteroatoms. The summed E-state index contributed by atoms with van der Waals surface area (Å²) < 4.78 is 45.2. The van der Waals surface area contributed by atoms with Gasteiger partial charge in [-0.3, -0.25) is 9.59 Å². The summed E-state index contributed by atoms with van der Waals surface area (Å²) >= 11 is 0. The van der Waals surface area contributed by atoms with Crippen LogP contribution in [0.5, 0.6) is 0 Å². The fourth-order valence-corrected chi connectivity index (χ4v) is 3.52. The third-order valence-corrected chi connectivity index (χ3v) is 5.18. The number of likely N-dealkylation sites (tertiary alicyclic amines) is 1. The first-order chi connectivity index (χ1) is 13.1. The van der Waals surface area contributed by atoms with Crippen molar-refractivity contribution >= 4 is 17.5 Å². The number of carbonyl (C=O) groups is 2. The highest BCUT2D eigenvalue weighted by atomic mass is 19.4. The summed E-state index contributed by atoms with van der Waals surface area (Å²) in [5.41, 5.74) is -1.11. The summed E-state index contributed by atoms with van der Waals surface area (Å²) in [6.45, 7) is 1.39. The second kappa shape index (κ2) is 8.08. The Kier molecular flexibility index (Phi) is 5.95. The van der Waals surface area contributed by atoms with Crippen LogP contribution in [-0.4, -0.2) is 67.6 Å². The van der Waals surface area contributed by atoms with E-state index < -0.39 is 29.7 Å². The number of likely N-dealkylation sites (N-methyl/N-ethyl adjacent to an activating group) is 1. The number of halogens is 3. The van der Waals surface area contributed by atoms with E-state index in [1.54, 1.807) is 4.90 Å². The van der Waals surface area contributed by atoms with Gasteiger partial charge in [0.1, 0.15) is 6.10 Å². The maximum absolute atomic E-state index is 13.3. The number of nitrogens with one attached hydrogen (secondary N) is 1. The van der Waals surface area contributed by atoms with E-state index in [0.717, 1.165) is 25.0 Å². The standard InChI is InChI=1S/C19H24F3N3O3/c1-24(2)15-5-6-25(11-15)18(27)12-8-13(19(20,21)22)10-14(9-12)23-17(26)16-4-3-7-28-16/h8-10,15-16H,3-7,11H2,1-2H3,(H,23,26)/t15-,16+/m1/s1. The molecular weight excluding hydrogens is 375 g/mol. The summed E-state index contributed by atoms with van der Waals surface area (Å²) in [7, 11) is 3.81. The van der Waals surface area contributed by atoms with Gasteiger partial charge in [-0.25, -0.2) is 0 Å². The Morgan fingerprint density at radius 1 is 1.21 bits per heavy atom. The highest BCUT2D eigenvalue weighted by molar-refractivity contribution is 5.98. The van der Waals surface area contributed by atoms with Crippen LogP contribution in [0.3, 0.4) is 0 Å². The Hall–Kier alpha value is -2.13. The third-order valence-electron chi connectivity index (χ3n) is 5.18. The molecule has 2 amide bonds. The van der Waals surface area contributed by atoms with Gasteiger partial charge in [0.25, 0.3) is 11.8 Å². The van der Waals surface area contributed by atoms with Gasteiger partial charge in [-0.05, 0) is 51.6 Å². The van der Waals surface area contributed by atoms with E-state index >= 15 is 0 Å². The first-order valence-corrected chi connectivity index (χ1v) is 9.25. The van der Waals surface area contributed by atoms with Crippen molar-refractivity contribution < 1.29 is 27.5 Å². The molecule has 0 aromatic heterocycles. The first kappa shape index (κ1) is 20.6. The van der Waals surface area contributed by atoms with Gasteiger partial charge in [0.15, 0.2) is 0 Å². The maximum atomic E-state index is 13.3. The van der Waals surface area contributed by atoms with E-state index in [0.29, 0.717) is 26.1 Å². The first-order valence-electron chi connectivity index (χ1n) is 9.25. The van der Waals surface area contributed by atoms with Crippen molar-refractivity contribution in [2.45, 2.75) is 37.6 Å². The Labute approximate surface area is 161 Å². The minimum absolute atomic E-state index is 0.0537. The van der Waals surface area contributed by atoms with Gasteiger partial charge in [0.05, 0.1) is 5.56 Å². The SMILES string of the molecule is CN(C)[C@@H]1CCN(C(=O)c2cc(NC(=O)[C@@H]3CCCO3)cc(C(F)(F)F)c2)C1. The molecule has 0 radical (unpaired) electrons. The van der Waals surface area contributed by atoms with Crippen molar-refractivity contribution in [2.75, 3.05) is 39.1 Å². The van der Waals surface area contributed by atoms with Crippen LogP contribution in [0.1, 0.15) is 35.2 Å². The minimum Gasteiger partial charge on any atom is -0.368 e. The lowest BCUT2D eigenvalue weighted by molar-refractivity contribution is -0.137. The molecular formula is C19H24F3N3O3. The lowest BCUT2D eigenvalue weighted by Crippen LogP contribution is -2.34. The summed E-state index contributed by atoms with van der Waals surface area (Å²) in [5, 5.41) is 2.47. The zero-order chi connectivity index (χ0) is 20.5. The van der Waals surface area contributed by atoms with E-state index in [-0.39, 0.29) is 17.3 Å². The van der Waals surface area contributed by atoms with Crippen LogP contribution in [0.15, 0.2) is 18.2 Å². The predicted octanol–water partition coefficient (Wildman–Crippen LogP) is 2.60. The Balaban J connectivity index is 1.83. The molecule has 1 N–H and O–H groups in total. The Morgan fingerprint density at radius 3 is 2.54 bits per heavy atom. The summed E-state index contributed by atoms with van der Waals surface area (Å²) in [5.74, 6) is -0.966. The van der Waals surface area contributed by atoms with Crippen molar-refractivity contribution in [3.05, 3.63) is 29.3 Å². The number of hydrogen-bond donors (Lipinski definition) is 1. The van der Waals surface area contributed by atoms with E-state index in [4.69, 9.17) is 4.74 Å². The molecule has 0 bridgehead atoms. The summed E-state index contributed by atoms with van der Waals surface area (Å²) in [4.78, 5) is 28.5. The topological polar surface area (TPSA) is 61.9 Å².